The van der Waals surface area contributed by atoms with Gasteiger partial charge in [0.25, 0.3) is 0 Å². The molecule has 0 N–H and O–H groups in total. The summed E-state index contributed by atoms with van der Waals surface area (Å²) >= 11 is 0. The summed E-state index contributed by atoms with van der Waals surface area (Å²) in [5.74, 6) is 0. The van der Waals surface area contributed by atoms with Gasteiger partial charge in [0.2, 0.25) is 0 Å². The molecule has 0 saturated carbocycles. The third kappa shape index (κ3) is 3.75. The van der Waals surface area contributed by atoms with Crippen LogP contribution in [0.2, 0.25) is 0 Å². The molecule has 0 bridgehead atoms. The highest BCUT2D eigenvalue weighted by molar-refractivity contribution is 6.22. The second kappa shape index (κ2) is 10.3. The Morgan fingerprint density at radius 3 is 1.67 bits per heavy atom. The van der Waals surface area contributed by atoms with E-state index in [0.717, 1.165) is 88.4 Å². The molecule has 12 aromatic rings. The average molecular weight is 665 g/mol. The van der Waals surface area contributed by atoms with Gasteiger partial charge in [-0.3, -0.25) is 0 Å². The molecular weight excluding hydrogens is 637 g/mol. The van der Waals surface area contributed by atoms with Crippen LogP contribution in [0.25, 0.3) is 110 Å². The molecule has 4 aromatic heterocycles. The molecule has 4 nitrogen and oxygen atoms in total. The van der Waals surface area contributed by atoms with Crippen LogP contribution >= 0.6 is 0 Å². The van der Waals surface area contributed by atoms with Crippen LogP contribution in [-0.4, -0.2) is 9.13 Å². The van der Waals surface area contributed by atoms with E-state index in [-0.39, 0.29) is 0 Å². The van der Waals surface area contributed by atoms with Gasteiger partial charge < -0.3 is 18.0 Å². The molecule has 4 heterocycles. The van der Waals surface area contributed by atoms with Crippen molar-refractivity contribution < 1.29 is 8.83 Å². The summed E-state index contributed by atoms with van der Waals surface area (Å²) < 4.78 is 17.8. The average Bonchev–Trinajstić information content (AvgIpc) is 3.94. The second-order valence-electron chi connectivity index (χ2n) is 13.7. The number of rotatable bonds is 3. The standard InChI is InChI=1S/C48H28N2O2/c1-3-11-31(12-4-1)49-41-24-20-29(25-38(41)39-28-46-40(27-43(39)49)35-16-8-9-17-44(35)51-46)30-19-21-33-36-22-23-37-34-15-7-10-18-45(34)52-48(37)47(36)50(42(33)26-30)32-13-5-2-6-14-32/h1-28H. The summed E-state index contributed by atoms with van der Waals surface area (Å²) in [5.41, 5.74) is 12.7. The molecule has 0 atom stereocenters. The Balaban J connectivity index is 1.14. The molecule has 0 aliphatic rings. The predicted octanol–water partition coefficient (Wildman–Crippen LogP) is 13.3. The molecule has 4 heteroatoms. The largest absolute Gasteiger partial charge is 0.456 e. The van der Waals surface area contributed by atoms with E-state index >= 15 is 0 Å². The van der Waals surface area contributed by atoms with Gasteiger partial charge in [0.15, 0.2) is 5.58 Å². The Hall–Kier alpha value is -7.04. The third-order valence-electron chi connectivity index (χ3n) is 10.9. The minimum atomic E-state index is 0.900. The van der Waals surface area contributed by atoms with Gasteiger partial charge in [0.05, 0.1) is 22.1 Å². The summed E-state index contributed by atoms with van der Waals surface area (Å²) in [4.78, 5) is 0. The zero-order valence-corrected chi connectivity index (χ0v) is 27.9. The Morgan fingerprint density at radius 2 is 0.885 bits per heavy atom. The van der Waals surface area contributed by atoms with Gasteiger partial charge in [-0.15, -0.1) is 0 Å². The van der Waals surface area contributed by atoms with E-state index in [9.17, 15) is 0 Å². The van der Waals surface area contributed by atoms with E-state index in [0.29, 0.717) is 0 Å². The van der Waals surface area contributed by atoms with Crippen LogP contribution in [-0.2, 0) is 0 Å². The van der Waals surface area contributed by atoms with Crippen molar-refractivity contribution in [2.45, 2.75) is 0 Å². The molecule has 0 radical (unpaired) electrons. The summed E-state index contributed by atoms with van der Waals surface area (Å²) in [5, 5.41) is 9.24. The zero-order chi connectivity index (χ0) is 33.9. The predicted molar refractivity (Wildman–Crippen MR) is 215 cm³/mol. The van der Waals surface area contributed by atoms with Gasteiger partial charge in [0.1, 0.15) is 16.7 Å². The summed E-state index contributed by atoms with van der Waals surface area (Å²) in [6.45, 7) is 0. The Bertz CT molecular complexity index is 3400. The molecule has 242 valence electrons. The lowest BCUT2D eigenvalue weighted by atomic mass is 10.0. The van der Waals surface area contributed by atoms with Crippen LogP contribution in [0, 0.1) is 0 Å². The summed E-state index contributed by atoms with van der Waals surface area (Å²) in [7, 11) is 0. The molecule has 12 rings (SSSR count). The quantitative estimate of drug-likeness (QED) is 0.188. The lowest BCUT2D eigenvalue weighted by molar-refractivity contribution is 0.669. The summed E-state index contributed by atoms with van der Waals surface area (Å²) in [6, 6.07) is 60.6. The van der Waals surface area contributed by atoms with Gasteiger partial charge in [-0.2, -0.15) is 0 Å². The molecule has 0 amide bonds. The molecule has 0 aliphatic heterocycles. The fourth-order valence-corrected chi connectivity index (χ4v) is 8.58. The van der Waals surface area contributed by atoms with Gasteiger partial charge in [-0.05, 0) is 83.9 Å². The number of benzene rings is 8. The van der Waals surface area contributed by atoms with E-state index in [1.807, 2.05) is 18.2 Å². The maximum Gasteiger partial charge on any atom is 0.160 e. The fraction of sp³-hybridized carbons (Fsp3) is 0. The number of aromatic nitrogens is 2. The van der Waals surface area contributed by atoms with Crippen molar-refractivity contribution in [3.8, 4) is 22.5 Å². The number of furan rings is 2. The van der Waals surface area contributed by atoms with Crippen molar-refractivity contribution in [2.24, 2.45) is 0 Å². The van der Waals surface area contributed by atoms with Crippen molar-refractivity contribution in [2.75, 3.05) is 0 Å². The van der Waals surface area contributed by atoms with Gasteiger partial charge in [-0.25, -0.2) is 0 Å². The lowest BCUT2D eigenvalue weighted by Crippen LogP contribution is -1.94. The zero-order valence-electron chi connectivity index (χ0n) is 27.9. The lowest BCUT2D eigenvalue weighted by Gasteiger charge is -2.10. The first kappa shape index (κ1) is 27.7. The van der Waals surface area contributed by atoms with Crippen molar-refractivity contribution >= 4 is 87.5 Å². The van der Waals surface area contributed by atoms with Crippen molar-refractivity contribution in [1.82, 2.24) is 9.13 Å². The number of fused-ring (bicyclic) bond motifs is 13. The Labute approximate surface area is 296 Å². The summed E-state index contributed by atoms with van der Waals surface area (Å²) in [6.07, 6.45) is 0. The van der Waals surface area contributed by atoms with Crippen LogP contribution in [0.3, 0.4) is 0 Å². The van der Waals surface area contributed by atoms with E-state index in [1.165, 1.54) is 21.5 Å². The van der Waals surface area contributed by atoms with E-state index < -0.39 is 0 Å². The molecule has 8 aromatic carbocycles. The first-order chi connectivity index (χ1) is 25.8. The Kier molecular flexibility index (Phi) is 5.47. The van der Waals surface area contributed by atoms with Crippen LogP contribution < -0.4 is 0 Å². The van der Waals surface area contributed by atoms with Gasteiger partial charge in [0, 0.05) is 54.5 Å². The van der Waals surface area contributed by atoms with Crippen LogP contribution in [0.15, 0.2) is 179 Å². The second-order valence-corrected chi connectivity index (χ2v) is 13.7. The van der Waals surface area contributed by atoms with E-state index in [2.05, 4.69) is 161 Å². The van der Waals surface area contributed by atoms with Crippen molar-refractivity contribution in [3.63, 3.8) is 0 Å². The number of para-hydroxylation sites is 4. The molecule has 0 aliphatic carbocycles. The SMILES string of the molecule is c1ccc(-n2c3ccc(-c4ccc5c6ccc7c8ccccc8oc7c6n(-c6ccccc6)c5c4)cc3c3cc4oc5ccccc5c4cc32)cc1. The molecule has 52 heavy (non-hydrogen) atoms. The maximum atomic E-state index is 6.62. The Morgan fingerprint density at radius 1 is 0.308 bits per heavy atom. The molecule has 0 unspecified atom stereocenters. The molecule has 0 saturated heterocycles. The fourth-order valence-electron chi connectivity index (χ4n) is 8.58. The molecular formula is C48H28N2O2. The van der Waals surface area contributed by atoms with Crippen LogP contribution in [0.4, 0.5) is 0 Å². The van der Waals surface area contributed by atoms with Crippen LogP contribution in [0.5, 0.6) is 0 Å². The van der Waals surface area contributed by atoms with Gasteiger partial charge in [-0.1, -0.05) is 97.1 Å². The number of nitrogens with zero attached hydrogens (tertiary/aromatic N) is 2. The maximum absolute atomic E-state index is 6.62. The highest BCUT2D eigenvalue weighted by atomic mass is 16.3. The van der Waals surface area contributed by atoms with E-state index in [4.69, 9.17) is 8.83 Å². The minimum Gasteiger partial charge on any atom is -0.456 e. The van der Waals surface area contributed by atoms with Crippen molar-refractivity contribution in [1.29, 1.82) is 0 Å². The van der Waals surface area contributed by atoms with Gasteiger partial charge >= 0.3 is 0 Å². The highest BCUT2D eigenvalue weighted by Crippen LogP contribution is 2.43. The smallest absolute Gasteiger partial charge is 0.160 e. The molecule has 0 fully saturated rings. The monoisotopic (exact) mass is 664 g/mol. The minimum absolute atomic E-state index is 0.900. The van der Waals surface area contributed by atoms with Crippen LogP contribution in [0.1, 0.15) is 0 Å². The number of hydrogen-bond donors (Lipinski definition) is 0. The third-order valence-corrected chi connectivity index (χ3v) is 10.9. The van der Waals surface area contributed by atoms with E-state index in [1.54, 1.807) is 0 Å². The topological polar surface area (TPSA) is 36.1 Å². The first-order valence-corrected chi connectivity index (χ1v) is 17.7. The highest BCUT2D eigenvalue weighted by Gasteiger charge is 2.21. The number of hydrogen-bond acceptors (Lipinski definition) is 2. The normalized spacial score (nSPS) is 12.2. The first-order valence-electron chi connectivity index (χ1n) is 17.7. The van der Waals surface area contributed by atoms with Crippen molar-refractivity contribution in [3.05, 3.63) is 170 Å². The molecule has 0 spiro atoms.